The van der Waals surface area contributed by atoms with Gasteiger partial charge < -0.3 is 10.0 Å². The number of carboxylic acid groups (broad SMARTS) is 1. The van der Waals surface area contributed by atoms with Crippen LogP contribution in [0.4, 0.5) is 8.78 Å². The molecule has 35 heavy (non-hydrogen) atoms. The van der Waals surface area contributed by atoms with Gasteiger partial charge in [-0.3, -0.25) is 19.3 Å². The van der Waals surface area contributed by atoms with Gasteiger partial charge in [-0.15, -0.1) is 11.3 Å². The van der Waals surface area contributed by atoms with Crippen LogP contribution in [0, 0.1) is 17.6 Å². The van der Waals surface area contributed by atoms with Gasteiger partial charge >= 0.3 is 5.97 Å². The van der Waals surface area contributed by atoms with Crippen molar-refractivity contribution in [2.24, 2.45) is 5.92 Å². The van der Waals surface area contributed by atoms with E-state index in [0.717, 1.165) is 41.6 Å². The molecule has 2 saturated heterocycles. The number of likely N-dealkylation sites (tertiary alicyclic amines) is 1. The van der Waals surface area contributed by atoms with E-state index in [1.54, 1.807) is 22.4 Å². The summed E-state index contributed by atoms with van der Waals surface area (Å²) in [6, 6.07) is 5.48. The zero-order chi connectivity index (χ0) is 25.1. The van der Waals surface area contributed by atoms with Crippen LogP contribution in [0.5, 0.6) is 0 Å². The number of halogens is 2. The molecule has 1 aromatic heterocycles. The molecule has 0 bridgehead atoms. The molecule has 0 unspecified atom stereocenters. The molecule has 2 fully saturated rings. The molecule has 11 heteroatoms. The first-order valence-corrected chi connectivity index (χ1v) is 13.1. The maximum Gasteiger partial charge on any atom is 0.303 e. The van der Waals surface area contributed by atoms with Crippen LogP contribution in [-0.4, -0.2) is 56.6 Å². The molecule has 4 rings (SSSR count). The Morgan fingerprint density at radius 3 is 2.74 bits per heavy atom. The number of amides is 2. The van der Waals surface area contributed by atoms with Crippen LogP contribution in [0.15, 0.2) is 34.6 Å². The van der Waals surface area contributed by atoms with Crippen molar-refractivity contribution >= 4 is 63.5 Å². The molecule has 0 saturated carbocycles. The summed E-state index contributed by atoms with van der Waals surface area (Å²) in [6.07, 6.45) is 3.41. The molecule has 2 aliphatic heterocycles. The van der Waals surface area contributed by atoms with Crippen LogP contribution in [0.2, 0.25) is 0 Å². The molecule has 2 amide bonds. The first-order chi connectivity index (χ1) is 16.7. The maximum absolute atomic E-state index is 13.6. The summed E-state index contributed by atoms with van der Waals surface area (Å²) in [5, 5.41) is 10.8. The predicted molar refractivity (Wildman–Crippen MR) is 136 cm³/mol. The van der Waals surface area contributed by atoms with Gasteiger partial charge in [0.1, 0.15) is 4.32 Å². The van der Waals surface area contributed by atoms with Crippen molar-refractivity contribution in [2.45, 2.75) is 25.7 Å². The van der Waals surface area contributed by atoms with Crippen LogP contribution < -0.4 is 0 Å². The van der Waals surface area contributed by atoms with Gasteiger partial charge in [0.25, 0.3) is 5.91 Å². The van der Waals surface area contributed by atoms with E-state index in [4.69, 9.17) is 17.3 Å². The van der Waals surface area contributed by atoms with Crippen LogP contribution in [0.3, 0.4) is 0 Å². The minimum atomic E-state index is -0.923. The van der Waals surface area contributed by atoms with Gasteiger partial charge in [-0.25, -0.2) is 8.78 Å². The monoisotopic (exact) mass is 536 g/mol. The normalized spacial score (nSPS) is 19.6. The molecular weight excluding hydrogens is 514 g/mol. The summed E-state index contributed by atoms with van der Waals surface area (Å²) in [5.41, 5.74) is 1.25. The number of aliphatic carboxylic acids is 1. The number of carbonyl (C=O) groups is 3. The zero-order valence-electron chi connectivity index (χ0n) is 18.5. The topological polar surface area (TPSA) is 77.9 Å². The molecule has 0 spiro atoms. The number of piperidine rings is 1. The summed E-state index contributed by atoms with van der Waals surface area (Å²) in [6.45, 7) is 1.17. The van der Waals surface area contributed by atoms with Gasteiger partial charge in [-0.2, -0.15) is 0 Å². The van der Waals surface area contributed by atoms with E-state index in [9.17, 15) is 23.2 Å². The molecule has 0 aliphatic carbocycles. The first-order valence-electron chi connectivity index (χ1n) is 11.0. The van der Waals surface area contributed by atoms with E-state index in [1.165, 1.54) is 22.3 Å². The minimum absolute atomic E-state index is 0.0454. The number of carbonyl (C=O) groups excluding carboxylic acids is 2. The van der Waals surface area contributed by atoms with Crippen molar-refractivity contribution in [3.63, 3.8) is 0 Å². The number of hydrogen-bond donors (Lipinski definition) is 1. The highest BCUT2D eigenvalue weighted by molar-refractivity contribution is 8.26. The van der Waals surface area contributed by atoms with E-state index in [-0.39, 0.29) is 37.1 Å². The molecule has 0 radical (unpaired) electrons. The van der Waals surface area contributed by atoms with Crippen molar-refractivity contribution in [3.8, 4) is 11.1 Å². The van der Waals surface area contributed by atoms with Gasteiger partial charge in [0.05, 0.1) is 4.91 Å². The largest absolute Gasteiger partial charge is 0.481 e. The van der Waals surface area contributed by atoms with E-state index in [0.29, 0.717) is 33.4 Å². The van der Waals surface area contributed by atoms with Gasteiger partial charge in [0, 0.05) is 37.4 Å². The Kier molecular flexibility index (Phi) is 7.98. The molecular formula is C24H22F2N2O4S3. The summed E-state index contributed by atoms with van der Waals surface area (Å²) < 4.78 is 27.1. The number of thiocarbonyl (C=S) groups is 1. The van der Waals surface area contributed by atoms with E-state index in [1.807, 2.05) is 0 Å². The molecule has 1 aromatic carbocycles. The van der Waals surface area contributed by atoms with Crippen molar-refractivity contribution in [2.75, 3.05) is 19.6 Å². The summed E-state index contributed by atoms with van der Waals surface area (Å²) in [5.74, 6) is -3.15. The third-order valence-electron chi connectivity index (χ3n) is 5.90. The second-order valence-electron chi connectivity index (χ2n) is 8.40. The fourth-order valence-corrected chi connectivity index (χ4v) is 6.37. The van der Waals surface area contributed by atoms with E-state index >= 15 is 0 Å². The smallest absolute Gasteiger partial charge is 0.303 e. The quantitative estimate of drug-likeness (QED) is 0.397. The molecule has 1 atom stereocenters. The van der Waals surface area contributed by atoms with Crippen molar-refractivity contribution in [3.05, 3.63) is 51.1 Å². The van der Waals surface area contributed by atoms with E-state index in [2.05, 4.69) is 0 Å². The summed E-state index contributed by atoms with van der Waals surface area (Å²) >= 11 is 7.88. The second kappa shape index (κ2) is 11.0. The predicted octanol–water partition coefficient (Wildman–Crippen LogP) is 5.00. The second-order valence-corrected chi connectivity index (χ2v) is 11.0. The van der Waals surface area contributed by atoms with Gasteiger partial charge in [0.2, 0.25) is 5.91 Å². The van der Waals surface area contributed by atoms with Crippen molar-refractivity contribution in [1.82, 2.24) is 9.80 Å². The Morgan fingerprint density at radius 2 is 2.00 bits per heavy atom. The van der Waals surface area contributed by atoms with Gasteiger partial charge in [0.15, 0.2) is 11.6 Å². The summed E-state index contributed by atoms with van der Waals surface area (Å²) in [4.78, 5) is 40.9. The molecule has 6 nitrogen and oxygen atoms in total. The van der Waals surface area contributed by atoms with Crippen LogP contribution >= 0.6 is 35.3 Å². The van der Waals surface area contributed by atoms with Crippen molar-refractivity contribution < 1.29 is 28.3 Å². The lowest BCUT2D eigenvalue weighted by molar-refractivity contribution is -0.141. The Morgan fingerprint density at radius 1 is 1.20 bits per heavy atom. The number of nitrogens with zero attached hydrogens (tertiary/aromatic N) is 2. The first kappa shape index (κ1) is 25.5. The Hall–Kier alpha value is -2.63. The average Bonchev–Trinajstić information content (AvgIpc) is 3.38. The number of thioether (sulfide) groups is 1. The number of hydrogen-bond acceptors (Lipinski definition) is 6. The zero-order valence-corrected chi connectivity index (χ0v) is 21.0. The van der Waals surface area contributed by atoms with Crippen LogP contribution in [-0.2, 0) is 14.4 Å². The highest BCUT2D eigenvalue weighted by Crippen LogP contribution is 2.35. The van der Waals surface area contributed by atoms with Crippen molar-refractivity contribution in [1.29, 1.82) is 0 Å². The molecule has 1 N–H and O–H groups in total. The number of rotatable bonds is 7. The average molecular weight is 537 g/mol. The lowest BCUT2D eigenvalue weighted by Crippen LogP contribution is -2.42. The maximum atomic E-state index is 13.6. The van der Waals surface area contributed by atoms with Crippen LogP contribution in [0.1, 0.15) is 30.6 Å². The third kappa shape index (κ3) is 6.14. The molecule has 2 aromatic rings. The standard InChI is InChI=1S/C24H22F2N2O4S3/c25-18-4-3-15(10-19(18)26)16-9-17(34-13-16)11-20-23(32)28(24(33)35-20)7-5-21(29)27-6-1-2-14(12-27)8-22(30)31/h3-4,9-11,13-14H,1-2,5-8,12H2,(H,30,31)/b20-11-/t14-/m1/s1. The van der Waals surface area contributed by atoms with Crippen LogP contribution in [0.25, 0.3) is 17.2 Å². The fourth-order valence-electron chi connectivity index (χ4n) is 4.15. The van der Waals surface area contributed by atoms with Gasteiger partial charge in [-0.05, 0) is 59.5 Å². The number of benzene rings is 1. The third-order valence-corrected chi connectivity index (χ3v) is 8.16. The van der Waals surface area contributed by atoms with Gasteiger partial charge in [-0.1, -0.05) is 30.0 Å². The molecule has 2 aliphatic rings. The minimum Gasteiger partial charge on any atom is -0.481 e. The lowest BCUT2D eigenvalue weighted by Gasteiger charge is -2.32. The highest BCUT2D eigenvalue weighted by atomic mass is 32.2. The number of thiophene rings is 1. The number of carboxylic acids is 1. The molecule has 3 heterocycles. The lowest BCUT2D eigenvalue weighted by atomic mass is 9.94. The Labute approximate surface area is 214 Å². The Bertz CT molecular complexity index is 1210. The fraction of sp³-hybridized carbons (Fsp3) is 0.333. The molecule has 184 valence electrons. The summed E-state index contributed by atoms with van der Waals surface area (Å²) in [7, 11) is 0. The Balaban J connectivity index is 1.37. The highest BCUT2D eigenvalue weighted by Gasteiger charge is 2.33. The van der Waals surface area contributed by atoms with E-state index < -0.39 is 17.6 Å². The SMILES string of the molecule is O=C(O)C[C@H]1CCCN(C(=O)CCN2C(=O)/C(=C/c3cc(-c4ccc(F)c(F)c4)cs3)SC2=S)C1.